The lowest BCUT2D eigenvalue weighted by atomic mass is 9.99. The zero-order valence-corrected chi connectivity index (χ0v) is 9.86. The predicted octanol–water partition coefficient (Wildman–Crippen LogP) is 0.463. The number of hydrazone groups is 1. The maximum Gasteiger partial charge on any atom is 0.344 e. The molecule has 1 aliphatic carbocycles. The molecule has 1 atom stereocenters. The lowest BCUT2D eigenvalue weighted by Crippen LogP contribution is -2.46. The zero-order chi connectivity index (χ0) is 12.6. The van der Waals surface area contributed by atoms with E-state index in [-0.39, 0.29) is 12.1 Å². The van der Waals surface area contributed by atoms with E-state index >= 15 is 0 Å². The van der Waals surface area contributed by atoms with Gasteiger partial charge < -0.3 is 15.7 Å². The van der Waals surface area contributed by atoms with Crippen molar-refractivity contribution in [3.05, 3.63) is 34.3 Å². The molecule has 0 spiro atoms. The molecule has 0 saturated heterocycles. The number of methoxy groups -OCH3 is 1. The fourth-order valence-corrected chi connectivity index (χ4v) is 2.23. The van der Waals surface area contributed by atoms with Crippen LogP contribution >= 0.6 is 11.6 Å². The summed E-state index contributed by atoms with van der Waals surface area (Å²) < 4.78 is 4.57. The van der Waals surface area contributed by atoms with Crippen molar-refractivity contribution in [2.75, 3.05) is 7.11 Å². The smallest absolute Gasteiger partial charge is 0.344 e. The third kappa shape index (κ3) is 1.67. The second-order valence-corrected chi connectivity index (χ2v) is 4.24. The van der Waals surface area contributed by atoms with E-state index in [1.165, 1.54) is 7.11 Å². The van der Waals surface area contributed by atoms with Crippen LogP contribution in [0.4, 0.5) is 0 Å². The van der Waals surface area contributed by atoms with Crippen molar-refractivity contribution < 1.29 is 14.6 Å². The average molecular weight is 255 g/mol. The number of rotatable bonds is 1. The summed E-state index contributed by atoms with van der Waals surface area (Å²) in [6.45, 7) is 0. The Labute approximate surface area is 103 Å². The highest BCUT2D eigenvalue weighted by molar-refractivity contribution is 6.31. The Morgan fingerprint density at radius 2 is 2.35 bits per heavy atom. The Morgan fingerprint density at radius 3 is 2.94 bits per heavy atom. The summed E-state index contributed by atoms with van der Waals surface area (Å²) >= 11 is 5.85. The van der Waals surface area contributed by atoms with Gasteiger partial charge in [0.2, 0.25) is 5.60 Å². The molecular formula is C11H11ClN2O3. The van der Waals surface area contributed by atoms with E-state index in [0.717, 1.165) is 5.56 Å². The SMILES string of the molecule is COC(=O)[C@]1(O)Cc2cc(Cl)ccc2/C1=N/N. The third-order valence-corrected chi connectivity index (χ3v) is 3.05. The molecule has 90 valence electrons. The lowest BCUT2D eigenvalue weighted by Gasteiger charge is -2.19. The van der Waals surface area contributed by atoms with Crippen molar-refractivity contribution in [3.8, 4) is 0 Å². The lowest BCUT2D eigenvalue weighted by molar-refractivity contribution is -0.154. The van der Waals surface area contributed by atoms with Crippen molar-refractivity contribution in [2.24, 2.45) is 10.9 Å². The normalized spacial score (nSPS) is 24.8. The van der Waals surface area contributed by atoms with Crippen LogP contribution in [0.25, 0.3) is 0 Å². The van der Waals surface area contributed by atoms with Gasteiger partial charge in [-0.25, -0.2) is 4.79 Å². The Kier molecular flexibility index (Phi) is 2.81. The van der Waals surface area contributed by atoms with Crippen LogP contribution in [0.3, 0.4) is 0 Å². The van der Waals surface area contributed by atoms with Gasteiger partial charge in [-0.1, -0.05) is 17.7 Å². The van der Waals surface area contributed by atoms with Gasteiger partial charge in [0, 0.05) is 17.0 Å². The number of aliphatic hydroxyl groups is 1. The van der Waals surface area contributed by atoms with Crippen molar-refractivity contribution in [1.29, 1.82) is 0 Å². The van der Waals surface area contributed by atoms with Gasteiger partial charge in [-0.05, 0) is 17.7 Å². The Morgan fingerprint density at radius 1 is 1.65 bits per heavy atom. The highest BCUT2D eigenvalue weighted by Gasteiger charge is 2.49. The number of benzene rings is 1. The molecule has 1 aromatic carbocycles. The van der Waals surface area contributed by atoms with Gasteiger partial charge >= 0.3 is 5.97 Å². The summed E-state index contributed by atoms with van der Waals surface area (Å²) in [6, 6.07) is 4.99. The summed E-state index contributed by atoms with van der Waals surface area (Å²) in [5.41, 5.74) is -0.383. The predicted molar refractivity (Wildman–Crippen MR) is 62.8 cm³/mol. The number of carbonyl (C=O) groups excluding carboxylic acids is 1. The van der Waals surface area contributed by atoms with Gasteiger partial charge in [-0.3, -0.25) is 0 Å². The van der Waals surface area contributed by atoms with Gasteiger partial charge in [0.05, 0.1) is 7.11 Å². The largest absolute Gasteiger partial charge is 0.467 e. The van der Waals surface area contributed by atoms with Crippen LogP contribution in [-0.2, 0) is 16.0 Å². The molecule has 0 bridgehead atoms. The van der Waals surface area contributed by atoms with E-state index < -0.39 is 11.6 Å². The summed E-state index contributed by atoms with van der Waals surface area (Å²) in [4.78, 5) is 11.6. The van der Waals surface area contributed by atoms with Crippen LogP contribution < -0.4 is 5.84 Å². The van der Waals surface area contributed by atoms with Crippen molar-refractivity contribution in [1.82, 2.24) is 0 Å². The van der Waals surface area contributed by atoms with E-state index in [2.05, 4.69) is 9.84 Å². The number of halogens is 1. The molecule has 3 N–H and O–H groups in total. The van der Waals surface area contributed by atoms with Gasteiger partial charge in [0.25, 0.3) is 0 Å². The Hall–Kier alpha value is -1.59. The quantitative estimate of drug-likeness (QED) is 0.433. The van der Waals surface area contributed by atoms with Crippen molar-refractivity contribution >= 4 is 23.3 Å². The number of ether oxygens (including phenoxy) is 1. The van der Waals surface area contributed by atoms with Gasteiger partial charge in [0.1, 0.15) is 5.71 Å². The first-order valence-electron chi connectivity index (χ1n) is 4.91. The minimum absolute atomic E-state index is 0.0611. The maximum absolute atomic E-state index is 11.6. The maximum atomic E-state index is 11.6. The number of nitrogens with two attached hydrogens (primary N) is 1. The zero-order valence-electron chi connectivity index (χ0n) is 9.11. The molecular weight excluding hydrogens is 244 g/mol. The highest BCUT2D eigenvalue weighted by atomic mass is 35.5. The van der Waals surface area contributed by atoms with Gasteiger partial charge in [0.15, 0.2) is 0 Å². The number of esters is 1. The number of nitrogens with zero attached hydrogens (tertiary/aromatic N) is 1. The van der Waals surface area contributed by atoms with E-state index in [9.17, 15) is 9.90 Å². The number of hydrogen-bond acceptors (Lipinski definition) is 5. The molecule has 17 heavy (non-hydrogen) atoms. The second kappa shape index (κ2) is 4.01. The molecule has 5 nitrogen and oxygen atoms in total. The molecule has 0 unspecified atom stereocenters. The molecule has 1 aromatic rings. The fraction of sp³-hybridized carbons (Fsp3) is 0.273. The van der Waals surface area contributed by atoms with Crippen LogP contribution in [0.2, 0.25) is 5.02 Å². The average Bonchev–Trinajstić information content (AvgIpc) is 2.59. The van der Waals surface area contributed by atoms with Crippen LogP contribution in [-0.4, -0.2) is 29.5 Å². The Bertz CT molecular complexity index is 515. The minimum Gasteiger partial charge on any atom is -0.467 e. The minimum atomic E-state index is -1.82. The molecule has 0 aromatic heterocycles. The van der Waals surface area contributed by atoms with Crippen LogP contribution in [0.1, 0.15) is 11.1 Å². The third-order valence-electron chi connectivity index (χ3n) is 2.81. The first-order chi connectivity index (χ1) is 8.02. The van der Waals surface area contributed by atoms with E-state index in [0.29, 0.717) is 10.6 Å². The summed E-state index contributed by atoms with van der Waals surface area (Å²) in [7, 11) is 1.20. The molecule has 0 fully saturated rings. The number of hydrogen-bond donors (Lipinski definition) is 2. The molecule has 0 saturated carbocycles. The van der Waals surface area contributed by atoms with E-state index in [1.807, 2.05) is 0 Å². The molecule has 6 heteroatoms. The molecule has 0 heterocycles. The summed E-state index contributed by atoms with van der Waals surface area (Å²) in [5, 5.41) is 14.3. The first-order valence-corrected chi connectivity index (χ1v) is 5.28. The standard InChI is InChI=1S/C11H11ClN2O3/c1-17-10(15)11(16)5-6-4-7(12)2-3-8(6)9(11)14-13/h2-4,16H,5,13H2,1H3/b14-9-/t11-/m0/s1. The molecule has 1 aliphatic rings. The highest BCUT2D eigenvalue weighted by Crippen LogP contribution is 2.33. The molecule has 2 rings (SSSR count). The monoisotopic (exact) mass is 254 g/mol. The molecule has 0 radical (unpaired) electrons. The van der Waals surface area contributed by atoms with Gasteiger partial charge in [-0.2, -0.15) is 5.10 Å². The second-order valence-electron chi connectivity index (χ2n) is 3.81. The van der Waals surface area contributed by atoms with E-state index in [4.69, 9.17) is 17.4 Å². The fourth-order valence-electron chi connectivity index (χ4n) is 2.04. The Balaban J connectivity index is 2.56. The first kappa shape index (κ1) is 11.9. The van der Waals surface area contributed by atoms with E-state index in [1.54, 1.807) is 18.2 Å². The van der Waals surface area contributed by atoms with Crippen LogP contribution in [0, 0.1) is 0 Å². The van der Waals surface area contributed by atoms with Crippen LogP contribution in [0.15, 0.2) is 23.3 Å². The molecule has 0 amide bonds. The van der Waals surface area contributed by atoms with Gasteiger partial charge in [-0.15, -0.1) is 0 Å². The topological polar surface area (TPSA) is 84.9 Å². The van der Waals surface area contributed by atoms with Crippen LogP contribution in [0.5, 0.6) is 0 Å². The number of fused-ring (bicyclic) bond motifs is 1. The summed E-state index contributed by atoms with van der Waals surface area (Å²) in [6.07, 6.45) is 0.0611. The molecule has 0 aliphatic heterocycles. The van der Waals surface area contributed by atoms with Crippen molar-refractivity contribution in [3.63, 3.8) is 0 Å². The summed E-state index contributed by atoms with van der Waals surface area (Å²) in [5.74, 6) is 4.46. The number of carbonyl (C=O) groups is 1. The van der Waals surface area contributed by atoms with Crippen molar-refractivity contribution in [2.45, 2.75) is 12.0 Å².